The van der Waals surface area contributed by atoms with Crippen molar-refractivity contribution in [2.45, 2.75) is 25.3 Å². The number of benzene rings is 1. The molecule has 0 bridgehead atoms. The van der Waals surface area contributed by atoms with Gasteiger partial charge in [-0.05, 0) is 38.9 Å². The maximum absolute atomic E-state index is 6.05. The highest BCUT2D eigenvalue weighted by Gasteiger charge is 2.20. The van der Waals surface area contributed by atoms with E-state index in [9.17, 15) is 0 Å². The molecule has 1 aliphatic rings. The molecule has 0 aliphatic carbocycles. The number of rotatable bonds is 4. The second-order valence-electron chi connectivity index (χ2n) is 5.26. The maximum Gasteiger partial charge on any atom is 0.241 e. The summed E-state index contributed by atoms with van der Waals surface area (Å²) in [7, 11) is 2.18. The summed E-state index contributed by atoms with van der Waals surface area (Å²) in [6.07, 6.45) is 3.56. The first-order chi connectivity index (χ1) is 9.75. The highest BCUT2D eigenvalue weighted by molar-refractivity contribution is 6.34. The second-order valence-corrected chi connectivity index (χ2v) is 5.61. The fourth-order valence-corrected chi connectivity index (χ4v) is 2.99. The van der Waals surface area contributed by atoms with Crippen LogP contribution in [0.2, 0.25) is 5.15 Å². The first-order valence-electron chi connectivity index (χ1n) is 6.99. The number of hydrogen-bond acceptors (Lipinski definition) is 4. The minimum atomic E-state index is 0.420. The average Bonchev–Trinajstić information content (AvgIpc) is 2.87. The maximum atomic E-state index is 6.05. The van der Waals surface area contributed by atoms with E-state index in [0.717, 1.165) is 17.2 Å². The Kier molecular flexibility index (Phi) is 4.03. The molecule has 0 amide bonds. The number of ether oxygens (including phenoxy) is 1. The van der Waals surface area contributed by atoms with E-state index in [2.05, 4.69) is 22.1 Å². The van der Waals surface area contributed by atoms with E-state index in [1.54, 1.807) is 0 Å². The third kappa shape index (κ3) is 2.72. The number of halogens is 1. The Morgan fingerprint density at radius 1 is 1.30 bits per heavy atom. The molecular weight excluding hydrogens is 274 g/mol. The van der Waals surface area contributed by atoms with E-state index in [-0.39, 0.29) is 0 Å². The zero-order valence-corrected chi connectivity index (χ0v) is 12.3. The third-order valence-corrected chi connectivity index (χ3v) is 4.25. The van der Waals surface area contributed by atoms with Crippen molar-refractivity contribution >= 4 is 22.4 Å². The Labute approximate surface area is 123 Å². The fourth-order valence-electron chi connectivity index (χ4n) is 2.79. The Balaban J connectivity index is 1.70. The van der Waals surface area contributed by atoms with E-state index in [1.165, 1.54) is 19.4 Å². The molecule has 106 valence electrons. The van der Waals surface area contributed by atoms with Crippen LogP contribution in [0.3, 0.4) is 0 Å². The Morgan fingerprint density at radius 3 is 2.85 bits per heavy atom. The van der Waals surface area contributed by atoms with Gasteiger partial charge in [-0.2, -0.15) is 0 Å². The summed E-state index contributed by atoms with van der Waals surface area (Å²) in [5.74, 6) is 0.575. The van der Waals surface area contributed by atoms with Crippen molar-refractivity contribution in [2.75, 3.05) is 20.2 Å². The van der Waals surface area contributed by atoms with Crippen LogP contribution in [0.25, 0.3) is 10.8 Å². The second kappa shape index (κ2) is 5.94. The molecule has 3 rings (SSSR count). The predicted octanol–water partition coefficient (Wildman–Crippen LogP) is 3.15. The molecule has 1 aliphatic heterocycles. The van der Waals surface area contributed by atoms with Crippen LogP contribution in [0, 0.1) is 0 Å². The third-order valence-electron chi connectivity index (χ3n) is 3.97. The van der Waals surface area contributed by atoms with Gasteiger partial charge in [0.05, 0.1) is 6.61 Å². The van der Waals surface area contributed by atoms with Crippen molar-refractivity contribution in [1.29, 1.82) is 0 Å². The molecule has 20 heavy (non-hydrogen) atoms. The van der Waals surface area contributed by atoms with Gasteiger partial charge in [-0.15, -0.1) is 10.2 Å². The summed E-state index contributed by atoms with van der Waals surface area (Å²) in [6, 6.07) is 8.42. The molecule has 1 atom stereocenters. The van der Waals surface area contributed by atoms with Gasteiger partial charge in [-0.25, -0.2) is 0 Å². The van der Waals surface area contributed by atoms with Crippen LogP contribution in [0.15, 0.2) is 24.3 Å². The monoisotopic (exact) mass is 291 g/mol. The van der Waals surface area contributed by atoms with Gasteiger partial charge >= 0.3 is 0 Å². The largest absolute Gasteiger partial charge is 0.476 e. The van der Waals surface area contributed by atoms with Crippen LogP contribution in [-0.4, -0.2) is 41.3 Å². The van der Waals surface area contributed by atoms with Gasteiger partial charge in [0.2, 0.25) is 5.88 Å². The zero-order valence-electron chi connectivity index (χ0n) is 11.6. The van der Waals surface area contributed by atoms with Crippen LogP contribution in [0.4, 0.5) is 0 Å². The first-order valence-corrected chi connectivity index (χ1v) is 7.37. The summed E-state index contributed by atoms with van der Waals surface area (Å²) < 4.78 is 5.83. The number of fused-ring (bicyclic) bond motifs is 1. The SMILES string of the molecule is CN1CCCC1CCOc1nnc(Cl)c2ccccc12. The van der Waals surface area contributed by atoms with Crippen LogP contribution in [0.1, 0.15) is 19.3 Å². The lowest BCUT2D eigenvalue weighted by Gasteiger charge is -2.19. The predicted molar refractivity (Wildman–Crippen MR) is 80.3 cm³/mol. The minimum Gasteiger partial charge on any atom is -0.476 e. The summed E-state index contributed by atoms with van der Waals surface area (Å²) in [6.45, 7) is 1.85. The molecule has 1 fully saturated rings. The average molecular weight is 292 g/mol. The molecule has 0 saturated carbocycles. The lowest BCUT2D eigenvalue weighted by molar-refractivity contribution is 0.229. The van der Waals surface area contributed by atoms with Gasteiger partial charge in [0.25, 0.3) is 0 Å². The van der Waals surface area contributed by atoms with Gasteiger partial charge in [0, 0.05) is 16.8 Å². The van der Waals surface area contributed by atoms with Crippen LogP contribution >= 0.6 is 11.6 Å². The van der Waals surface area contributed by atoms with Gasteiger partial charge < -0.3 is 9.64 Å². The molecule has 1 aromatic heterocycles. The standard InChI is InChI=1S/C15H18ClN3O/c1-19-9-4-5-11(19)8-10-20-15-13-7-3-2-6-12(13)14(16)17-18-15/h2-3,6-7,11H,4-5,8-10H2,1H3. The molecule has 1 aromatic carbocycles. The lowest BCUT2D eigenvalue weighted by Crippen LogP contribution is -2.26. The van der Waals surface area contributed by atoms with Gasteiger partial charge in [-0.3, -0.25) is 0 Å². The molecule has 2 heterocycles. The highest BCUT2D eigenvalue weighted by atomic mass is 35.5. The highest BCUT2D eigenvalue weighted by Crippen LogP contribution is 2.27. The first kappa shape index (κ1) is 13.6. The summed E-state index contributed by atoms with van der Waals surface area (Å²) >= 11 is 6.05. The van der Waals surface area contributed by atoms with Crippen molar-refractivity contribution in [1.82, 2.24) is 15.1 Å². The topological polar surface area (TPSA) is 38.2 Å². The molecule has 1 unspecified atom stereocenters. The van der Waals surface area contributed by atoms with Crippen molar-refractivity contribution in [3.05, 3.63) is 29.4 Å². The molecule has 4 nitrogen and oxygen atoms in total. The molecule has 1 saturated heterocycles. The van der Waals surface area contributed by atoms with E-state index < -0.39 is 0 Å². The summed E-state index contributed by atoms with van der Waals surface area (Å²) in [5, 5.41) is 10.3. The molecule has 2 aromatic rings. The summed E-state index contributed by atoms with van der Waals surface area (Å²) in [5.41, 5.74) is 0. The van der Waals surface area contributed by atoms with E-state index >= 15 is 0 Å². The number of likely N-dealkylation sites (tertiary alicyclic amines) is 1. The summed E-state index contributed by atoms with van der Waals surface area (Å²) in [4.78, 5) is 2.40. The lowest BCUT2D eigenvalue weighted by atomic mass is 10.1. The van der Waals surface area contributed by atoms with E-state index in [1.807, 2.05) is 24.3 Å². The smallest absolute Gasteiger partial charge is 0.241 e. The van der Waals surface area contributed by atoms with Crippen molar-refractivity contribution in [2.24, 2.45) is 0 Å². The fraction of sp³-hybridized carbons (Fsp3) is 0.467. The molecule has 0 spiro atoms. The normalized spacial score (nSPS) is 19.6. The van der Waals surface area contributed by atoms with Gasteiger partial charge in [-0.1, -0.05) is 29.8 Å². The van der Waals surface area contributed by atoms with Crippen molar-refractivity contribution in [3.63, 3.8) is 0 Å². The zero-order chi connectivity index (χ0) is 13.9. The minimum absolute atomic E-state index is 0.420. The Morgan fingerprint density at radius 2 is 2.10 bits per heavy atom. The van der Waals surface area contributed by atoms with Crippen LogP contribution in [-0.2, 0) is 0 Å². The van der Waals surface area contributed by atoms with Crippen molar-refractivity contribution in [3.8, 4) is 5.88 Å². The molecule has 0 N–H and O–H groups in total. The quantitative estimate of drug-likeness (QED) is 0.867. The Bertz CT molecular complexity index is 605. The molecular formula is C15H18ClN3O. The Hall–Kier alpha value is -1.39. The van der Waals surface area contributed by atoms with E-state index in [4.69, 9.17) is 16.3 Å². The van der Waals surface area contributed by atoms with Crippen molar-refractivity contribution < 1.29 is 4.74 Å². The van der Waals surface area contributed by atoms with Crippen LogP contribution in [0.5, 0.6) is 5.88 Å². The number of hydrogen-bond donors (Lipinski definition) is 0. The number of nitrogens with zero attached hydrogens (tertiary/aromatic N) is 3. The molecule has 5 heteroatoms. The molecule has 0 radical (unpaired) electrons. The number of aromatic nitrogens is 2. The van der Waals surface area contributed by atoms with E-state index in [0.29, 0.717) is 23.7 Å². The van der Waals surface area contributed by atoms with Gasteiger partial charge in [0.1, 0.15) is 0 Å². The van der Waals surface area contributed by atoms with Gasteiger partial charge in [0.15, 0.2) is 5.15 Å². The van der Waals surface area contributed by atoms with Crippen LogP contribution < -0.4 is 4.74 Å².